The summed E-state index contributed by atoms with van der Waals surface area (Å²) < 4.78 is 0. The van der Waals surface area contributed by atoms with Crippen LogP contribution in [0.3, 0.4) is 0 Å². The Hall–Kier alpha value is -2.14. The zero-order chi connectivity index (χ0) is 14.7. The molecule has 0 bridgehead atoms. The molecule has 0 atom stereocenters. The SMILES string of the molecule is Cc1nc(CNC(=O)CCc2c[nH]c3ccccc23)cs1. The van der Waals surface area contributed by atoms with Gasteiger partial charge in [0.2, 0.25) is 5.91 Å². The van der Waals surface area contributed by atoms with Crippen LogP contribution < -0.4 is 5.32 Å². The first-order valence-electron chi connectivity index (χ1n) is 6.95. The number of para-hydroxylation sites is 1. The van der Waals surface area contributed by atoms with Crippen molar-refractivity contribution in [2.45, 2.75) is 26.3 Å². The number of hydrogen-bond acceptors (Lipinski definition) is 3. The number of aryl methyl sites for hydroxylation is 2. The highest BCUT2D eigenvalue weighted by Crippen LogP contribution is 2.18. The van der Waals surface area contributed by atoms with Crippen LogP contribution in [0.25, 0.3) is 10.9 Å². The van der Waals surface area contributed by atoms with Crippen LogP contribution in [0.1, 0.15) is 22.7 Å². The van der Waals surface area contributed by atoms with Crippen molar-refractivity contribution in [1.29, 1.82) is 0 Å². The Morgan fingerprint density at radius 3 is 3.05 bits per heavy atom. The standard InChI is InChI=1S/C16H17N3OS/c1-11-19-13(10-21-11)9-18-16(20)7-6-12-8-17-15-5-3-2-4-14(12)15/h2-5,8,10,17H,6-7,9H2,1H3,(H,18,20). The minimum absolute atomic E-state index is 0.0611. The van der Waals surface area contributed by atoms with E-state index >= 15 is 0 Å². The minimum Gasteiger partial charge on any atom is -0.361 e. The first kappa shape index (κ1) is 13.8. The molecule has 0 aliphatic heterocycles. The molecule has 2 heterocycles. The van der Waals surface area contributed by atoms with Gasteiger partial charge in [0.15, 0.2) is 0 Å². The normalized spacial score (nSPS) is 10.9. The number of aromatic amines is 1. The molecule has 0 fully saturated rings. The number of amides is 1. The Morgan fingerprint density at radius 2 is 2.24 bits per heavy atom. The van der Waals surface area contributed by atoms with Crippen LogP contribution in [0.2, 0.25) is 0 Å². The van der Waals surface area contributed by atoms with Crippen molar-refractivity contribution < 1.29 is 4.79 Å². The van der Waals surface area contributed by atoms with E-state index in [1.165, 1.54) is 10.9 Å². The van der Waals surface area contributed by atoms with E-state index in [9.17, 15) is 4.79 Å². The summed E-state index contributed by atoms with van der Waals surface area (Å²) in [6, 6.07) is 8.15. The van der Waals surface area contributed by atoms with Crippen molar-refractivity contribution in [2.24, 2.45) is 0 Å². The monoisotopic (exact) mass is 299 g/mol. The summed E-state index contributed by atoms with van der Waals surface area (Å²) in [7, 11) is 0. The van der Waals surface area contributed by atoms with E-state index in [2.05, 4.69) is 21.4 Å². The van der Waals surface area contributed by atoms with E-state index in [1.54, 1.807) is 11.3 Å². The summed E-state index contributed by atoms with van der Waals surface area (Å²) in [5, 5.41) is 7.12. The molecule has 0 spiro atoms. The number of rotatable bonds is 5. The molecule has 4 nitrogen and oxygen atoms in total. The van der Waals surface area contributed by atoms with Gasteiger partial charge in [-0.25, -0.2) is 4.98 Å². The van der Waals surface area contributed by atoms with E-state index < -0.39 is 0 Å². The number of thiazole rings is 1. The largest absolute Gasteiger partial charge is 0.361 e. The summed E-state index contributed by atoms with van der Waals surface area (Å²) >= 11 is 1.60. The van der Waals surface area contributed by atoms with Crippen molar-refractivity contribution >= 4 is 28.1 Å². The molecule has 0 aliphatic carbocycles. The third-order valence-electron chi connectivity index (χ3n) is 3.43. The Labute approximate surface area is 127 Å². The fourth-order valence-corrected chi connectivity index (χ4v) is 2.97. The van der Waals surface area contributed by atoms with Gasteiger partial charge in [-0.2, -0.15) is 0 Å². The molecule has 0 aliphatic rings. The summed E-state index contributed by atoms with van der Waals surface area (Å²) in [6.07, 6.45) is 3.22. The molecule has 1 amide bonds. The van der Waals surface area contributed by atoms with Gasteiger partial charge in [-0.1, -0.05) is 18.2 Å². The van der Waals surface area contributed by atoms with Gasteiger partial charge < -0.3 is 10.3 Å². The number of fused-ring (bicyclic) bond motifs is 1. The second-order valence-corrected chi connectivity index (χ2v) is 6.06. The molecule has 3 aromatic rings. The van der Waals surface area contributed by atoms with Crippen LogP contribution in [0, 0.1) is 6.92 Å². The lowest BCUT2D eigenvalue weighted by Crippen LogP contribution is -2.23. The van der Waals surface area contributed by atoms with Crippen LogP contribution in [-0.2, 0) is 17.8 Å². The van der Waals surface area contributed by atoms with Gasteiger partial charge in [-0.05, 0) is 25.0 Å². The third-order valence-corrected chi connectivity index (χ3v) is 4.25. The maximum absolute atomic E-state index is 11.9. The molecule has 0 unspecified atom stereocenters. The Kier molecular flexibility index (Phi) is 4.01. The van der Waals surface area contributed by atoms with Crippen LogP contribution in [-0.4, -0.2) is 15.9 Å². The summed E-state index contributed by atoms with van der Waals surface area (Å²) in [4.78, 5) is 19.5. The van der Waals surface area contributed by atoms with Gasteiger partial charge >= 0.3 is 0 Å². The highest BCUT2D eigenvalue weighted by Gasteiger charge is 2.07. The summed E-state index contributed by atoms with van der Waals surface area (Å²) in [6.45, 7) is 2.48. The van der Waals surface area contributed by atoms with Crippen LogP contribution in [0.15, 0.2) is 35.8 Å². The number of benzene rings is 1. The fraction of sp³-hybridized carbons (Fsp3) is 0.250. The second kappa shape index (κ2) is 6.10. The van der Waals surface area contributed by atoms with Gasteiger partial charge in [-0.3, -0.25) is 4.79 Å². The zero-order valence-electron chi connectivity index (χ0n) is 11.8. The van der Waals surface area contributed by atoms with Gasteiger partial charge in [-0.15, -0.1) is 11.3 Å². The van der Waals surface area contributed by atoms with Crippen molar-refractivity contribution in [3.05, 3.63) is 52.1 Å². The fourth-order valence-electron chi connectivity index (χ4n) is 2.35. The first-order chi connectivity index (χ1) is 10.2. The number of carbonyl (C=O) groups excluding carboxylic acids is 1. The highest BCUT2D eigenvalue weighted by atomic mass is 32.1. The number of nitrogens with one attached hydrogen (secondary N) is 2. The highest BCUT2D eigenvalue weighted by molar-refractivity contribution is 7.09. The lowest BCUT2D eigenvalue weighted by atomic mass is 10.1. The van der Waals surface area contributed by atoms with Crippen LogP contribution >= 0.6 is 11.3 Å². The molecular weight excluding hydrogens is 282 g/mol. The maximum atomic E-state index is 11.9. The molecule has 0 radical (unpaired) electrons. The van der Waals surface area contributed by atoms with Gasteiger partial charge in [0.25, 0.3) is 0 Å². The summed E-state index contributed by atoms with van der Waals surface area (Å²) in [5.74, 6) is 0.0611. The Morgan fingerprint density at radius 1 is 1.38 bits per heavy atom. The predicted molar refractivity (Wildman–Crippen MR) is 85.3 cm³/mol. The Bertz CT molecular complexity index is 760. The van der Waals surface area contributed by atoms with Gasteiger partial charge in [0, 0.05) is 28.9 Å². The average Bonchev–Trinajstić information content (AvgIpc) is 3.09. The molecule has 2 aromatic heterocycles. The molecule has 21 heavy (non-hydrogen) atoms. The van der Waals surface area contributed by atoms with Gasteiger partial charge in [0.1, 0.15) is 0 Å². The van der Waals surface area contributed by atoms with E-state index in [0.29, 0.717) is 13.0 Å². The van der Waals surface area contributed by atoms with Crippen LogP contribution in [0.5, 0.6) is 0 Å². The first-order valence-corrected chi connectivity index (χ1v) is 7.83. The summed E-state index contributed by atoms with van der Waals surface area (Å²) in [5.41, 5.74) is 3.23. The van der Waals surface area contributed by atoms with Crippen molar-refractivity contribution in [3.63, 3.8) is 0 Å². The van der Waals surface area contributed by atoms with E-state index in [-0.39, 0.29) is 5.91 Å². The van der Waals surface area contributed by atoms with Crippen LogP contribution in [0.4, 0.5) is 0 Å². The smallest absolute Gasteiger partial charge is 0.220 e. The number of carbonyl (C=O) groups is 1. The molecular formula is C16H17N3OS. The quantitative estimate of drug-likeness (QED) is 0.760. The molecule has 0 saturated heterocycles. The maximum Gasteiger partial charge on any atom is 0.220 e. The van der Waals surface area contributed by atoms with Gasteiger partial charge in [0.05, 0.1) is 17.2 Å². The molecule has 0 saturated carbocycles. The molecule has 3 rings (SSSR count). The van der Waals surface area contributed by atoms with E-state index in [1.807, 2.05) is 36.7 Å². The topological polar surface area (TPSA) is 57.8 Å². The van der Waals surface area contributed by atoms with Crippen molar-refractivity contribution in [1.82, 2.24) is 15.3 Å². The Balaban J connectivity index is 1.54. The average molecular weight is 299 g/mol. The predicted octanol–water partition coefficient (Wildman–Crippen LogP) is 3.18. The second-order valence-electron chi connectivity index (χ2n) is 4.99. The number of nitrogens with zero attached hydrogens (tertiary/aromatic N) is 1. The number of H-pyrrole nitrogens is 1. The molecule has 108 valence electrons. The van der Waals surface area contributed by atoms with Crippen molar-refractivity contribution in [3.8, 4) is 0 Å². The van der Waals surface area contributed by atoms with E-state index in [4.69, 9.17) is 0 Å². The van der Waals surface area contributed by atoms with E-state index in [0.717, 1.165) is 22.6 Å². The number of aromatic nitrogens is 2. The molecule has 2 N–H and O–H groups in total. The zero-order valence-corrected chi connectivity index (χ0v) is 12.7. The lowest BCUT2D eigenvalue weighted by Gasteiger charge is -2.03. The van der Waals surface area contributed by atoms with Crippen molar-refractivity contribution in [2.75, 3.05) is 0 Å². The lowest BCUT2D eigenvalue weighted by molar-refractivity contribution is -0.121. The minimum atomic E-state index is 0.0611. The number of hydrogen-bond donors (Lipinski definition) is 2. The third kappa shape index (κ3) is 3.31. The molecule has 1 aromatic carbocycles. The molecule has 5 heteroatoms.